The molecule has 0 aliphatic rings. The van der Waals surface area contributed by atoms with E-state index in [4.69, 9.17) is 9.47 Å². The molecule has 0 aliphatic heterocycles. The van der Waals surface area contributed by atoms with Crippen LogP contribution < -0.4 is 4.74 Å². The summed E-state index contributed by atoms with van der Waals surface area (Å²) in [6.07, 6.45) is 0. The summed E-state index contributed by atoms with van der Waals surface area (Å²) in [7, 11) is 1.37. The summed E-state index contributed by atoms with van der Waals surface area (Å²) in [5.41, 5.74) is 2.30. The zero-order chi connectivity index (χ0) is 19.1. The van der Waals surface area contributed by atoms with Crippen LogP contribution in [0.1, 0.15) is 17.0 Å². The molecule has 2 aromatic carbocycles. The third-order valence-corrected chi connectivity index (χ3v) is 4.85. The number of methoxy groups -OCH3 is 1. The molecule has 1 heterocycles. The van der Waals surface area contributed by atoms with Crippen LogP contribution in [0, 0.1) is 6.92 Å². The van der Waals surface area contributed by atoms with E-state index in [1.807, 2.05) is 66.1 Å². The topological polar surface area (TPSA) is 66.2 Å². The molecule has 3 rings (SSSR count). The van der Waals surface area contributed by atoms with E-state index in [2.05, 4.69) is 10.2 Å². The number of rotatable bonds is 8. The average Bonchev–Trinajstić information content (AvgIpc) is 3.08. The highest BCUT2D eigenvalue weighted by Crippen LogP contribution is 2.20. The molecule has 0 spiro atoms. The molecule has 0 N–H and O–H groups in total. The van der Waals surface area contributed by atoms with E-state index in [0.717, 1.165) is 11.3 Å². The smallest absolute Gasteiger partial charge is 0.316 e. The lowest BCUT2D eigenvalue weighted by molar-refractivity contribution is -0.137. The highest BCUT2D eigenvalue weighted by Gasteiger charge is 2.15. The van der Waals surface area contributed by atoms with E-state index < -0.39 is 0 Å². The monoisotopic (exact) mass is 383 g/mol. The van der Waals surface area contributed by atoms with E-state index in [0.29, 0.717) is 24.1 Å². The Morgan fingerprint density at radius 2 is 1.81 bits per heavy atom. The molecule has 0 aliphatic carbocycles. The predicted molar refractivity (Wildman–Crippen MR) is 104 cm³/mol. The highest BCUT2D eigenvalue weighted by molar-refractivity contribution is 7.99. The van der Waals surface area contributed by atoms with Gasteiger partial charge in [0.15, 0.2) is 11.0 Å². The fourth-order valence-corrected chi connectivity index (χ4v) is 3.21. The predicted octanol–water partition coefficient (Wildman–Crippen LogP) is 3.48. The molecule has 0 radical (unpaired) electrons. The van der Waals surface area contributed by atoms with E-state index in [1.54, 1.807) is 0 Å². The lowest BCUT2D eigenvalue weighted by Crippen LogP contribution is -2.11. The van der Waals surface area contributed by atoms with E-state index in [-0.39, 0.29) is 11.7 Å². The Bertz CT molecular complexity index is 879. The summed E-state index contributed by atoms with van der Waals surface area (Å²) >= 11 is 1.30. The van der Waals surface area contributed by atoms with Crippen LogP contribution in [0.4, 0.5) is 0 Å². The van der Waals surface area contributed by atoms with Crippen molar-refractivity contribution in [3.8, 4) is 5.75 Å². The molecule has 0 amide bonds. The molecule has 140 valence electrons. The average molecular weight is 383 g/mol. The maximum atomic E-state index is 11.5. The van der Waals surface area contributed by atoms with Crippen molar-refractivity contribution < 1.29 is 14.3 Å². The second kappa shape index (κ2) is 9.23. The van der Waals surface area contributed by atoms with Gasteiger partial charge in [0.25, 0.3) is 0 Å². The lowest BCUT2D eigenvalue weighted by atomic mass is 10.2. The van der Waals surface area contributed by atoms with Crippen LogP contribution in [-0.2, 0) is 22.7 Å². The molecule has 0 atom stereocenters. The minimum Gasteiger partial charge on any atom is -0.486 e. The van der Waals surface area contributed by atoms with Crippen molar-refractivity contribution >= 4 is 17.7 Å². The summed E-state index contributed by atoms with van der Waals surface area (Å²) in [4.78, 5) is 11.5. The summed E-state index contributed by atoms with van der Waals surface area (Å²) in [5, 5.41) is 9.16. The number of carbonyl (C=O) groups excluding carboxylic acids is 1. The quantitative estimate of drug-likeness (QED) is 0.438. The van der Waals surface area contributed by atoms with E-state index >= 15 is 0 Å². The van der Waals surface area contributed by atoms with Crippen LogP contribution in [0.5, 0.6) is 5.75 Å². The Morgan fingerprint density at radius 1 is 1.07 bits per heavy atom. The van der Waals surface area contributed by atoms with Crippen LogP contribution in [-0.4, -0.2) is 33.6 Å². The molecule has 6 nitrogen and oxygen atoms in total. The molecule has 1 aromatic heterocycles. The number of carbonyl (C=O) groups is 1. The van der Waals surface area contributed by atoms with Crippen molar-refractivity contribution in [1.29, 1.82) is 0 Å². The minimum atomic E-state index is -0.299. The third-order valence-electron chi connectivity index (χ3n) is 3.91. The first-order valence-electron chi connectivity index (χ1n) is 8.51. The van der Waals surface area contributed by atoms with Crippen LogP contribution in [0.25, 0.3) is 0 Å². The van der Waals surface area contributed by atoms with Crippen molar-refractivity contribution in [2.24, 2.45) is 0 Å². The van der Waals surface area contributed by atoms with Gasteiger partial charge in [-0.25, -0.2) is 0 Å². The van der Waals surface area contributed by atoms with Crippen LogP contribution in [0.15, 0.2) is 59.8 Å². The maximum absolute atomic E-state index is 11.5. The van der Waals surface area contributed by atoms with Gasteiger partial charge in [-0.3, -0.25) is 9.36 Å². The molecule has 27 heavy (non-hydrogen) atoms. The summed E-state index contributed by atoms with van der Waals surface area (Å²) < 4.78 is 12.5. The summed E-state index contributed by atoms with van der Waals surface area (Å²) in [6, 6.07) is 17.9. The number of ether oxygens (including phenoxy) is 2. The molecule has 0 bridgehead atoms. The molecule has 0 saturated carbocycles. The molecule has 3 aromatic rings. The van der Waals surface area contributed by atoms with Gasteiger partial charge in [-0.2, -0.15) is 0 Å². The van der Waals surface area contributed by atoms with Gasteiger partial charge in [0.1, 0.15) is 12.4 Å². The number of hydrogen-bond acceptors (Lipinski definition) is 6. The normalized spacial score (nSPS) is 10.6. The fourth-order valence-electron chi connectivity index (χ4n) is 2.42. The number of hydrogen-bond donors (Lipinski definition) is 0. The van der Waals surface area contributed by atoms with Gasteiger partial charge in [-0.1, -0.05) is 59.8 Å². The van der Waals surface area contributed by atoms with Gasteiger partial charge < -0.3 is 9.47 Å². The zero-order valence-electron chi connectivity index (χ0n) is 15.3. The fraction of sp³-hybridized carbons (Fsp3) is 0.250. The number of aryl methyl sites for hydroxylation is 1. The van der Waals surface area contributed by atoms with Crippen molar-refractivity contribution in [3.05, 3.63) is 71.5 Å². The van der Waals surface area contributed by atoms with Gasteiger partial charge in [-0.15, -0.1) is 10.2 Å². The number of thioether (sulfide) groups is 1. The van der Waals surface area contributed by atoms with Crippen LogP contribution >= 0.6 is 11.8 Å². The highest BCUT2D eigenvalue weighted by atomic mass is 32.2. The Balaban J connectivity index is 1.77. The van der Waals surface area contributed by atoms with E-state index in [9.17, 15) is 4.79 Å². The number of aromatic nitrogens is 3. The number of nitrogens with zero attached hydrogens (tertiary/aromatic N) is 3. The molecular formula is C20H21N3O3S. The van der Waals surface area contributed by atoms with Gasteiger partial charge in [0.2, 0.25) is 0 Å². The number of benzene rings is 2. The number of esters is 1. The van der Waals surface area contributed by atoms with Crippen LogP contribution in [0.3, 0.4) is 0 Å². The maximum Gasteiger partial charge on any atom is 0.316 e. The van der Waals surface area contributed by atoms with E-state index in [1.165, 1.54) is 24.4 Å². The Labute approximate surface area is 162 Å². The molecule has 0 fully saturated rings. The second-order valence-electron chi connectivity index (χ2n) is 5.94. The first-order valence-corrected chi connectivity index (χ1v) is 9.49. The lowest BCUT2D eigenvalue weighted by Gasteiger charge is -2.11. The van der Waals surface area contributed by atoms with Crippen LogP contribution in [0.2, 0.25) is 0 Å². The Kier molecular flexibility index (Phi) is 6.49. The van der Waals surface area contributed by atoms with Gasteiger partial charge in [0.05, 0.1) is 19.4 Å². The minimum absolute atomic E-state index is 0.183. The van der Waals surface area contributed by atoms with Crippen molar-refractivity contribution in [2.75, 3.05) is 12.9 Å². The third kappa shape index (κ3) is 5.34. The molecular weight excluding hydrogens is 362 g/mol. The van der Waals surface area contributed by atoms with Crippen molar-refractivity contribution in [2.45, 2.75) is 25.2 Å². The standard InChI is InChI=1S/C20H21N3O3S/c1-15-8-10-17(11-9-15)26-13-18-21-22-20(27-14-19(24)25-2)23(18)12-16-6-4-3-5-7-16/h3-11H,12-14H2,1-2H3. The Hall–Kier alpha value is -2.80. The summed E-state index contributed by atoms with van der Waals surface area (Å²) in [5.74, 6) is 1.36. The van der Waals surface area contributed by atoms with Crippen molar-refractivity contribution in [1.82, 2.24) is 14.8 Å². The SMILES string of the molecule is COC(=O)CSc1nnc(COc2ccc(C)cc2)n1Cc1ccccc1. The zero-order valence-corrected chi connectivity index (χ0v) is 16.1. The Morgan fingerprint density at radius 3 is 2.52 bits per heavy atom. The van der Waals surface area contributed by atoms with Gasteiger partial charge in [-0.05, 0) is 24.6 Å². The molecule has 0 unspecified atom stereocenters. The van der Waals surface area contributed by atoms with Gasteiger partial charge >= 0.3 is 5.97 Å². The summed E-state index contributed by atoms with van der Waals surface area (Å²) in [6.45, 7) is 2.93. The first-order chi connectivity index (χ1) is 13.2. The molecule has 7 heteroatoms. The molecule has 0 saturated heterocycles. The second-order valence-corrected chi connectivity index (χ2v) is 6.88. The van der Waals surface area contributed by atoms with Crippen molar-refractivity contribution in [3.63, 3.8) is 0 Å². The van der Waals surface area contributed by atoms with Gasteiger partial charge in [0, 0.05) is 0 Å². The first kappa shape index (κ1) is 19.0. The largest absolute Gasteiger partial charge is 0.486 e.